The van der Waals surface area contributed by atoms with E-state index < -0.39 is 0 Å². The predicted molar refractivity (Wildman–Crippen MR) is 119 cm³/mol. The summed E-state index contributed by atoms with van der Waals surface area (Å²) in [5.41, 5.74) is 2.14. The molecular weight excluding hydrogens is 412 g/mol. The van der Waals surface area contributed by atoms with Crippen LogP contribution in [-0.4, -0.2) is 52.6 Å². The number of benzene rings is 2. The van der Waals surface area contributed by atoms with Gasteiger partial charge < -0.3 is 10.2 Å². The standard InChI is InChI=1S/C23H22N4O3S/c1-26-12-10-17-18(13-26)31-23(24-17)25-19(28)9-4-11-27-21(29)15-7-2-5-14-6-3-8-16(20(14)15)22(27)30/h2-3,5-8H,4,9-13H2,1H3,(H,24,25,28). The highest BCUT2D eigenvalue weighted by Gasteiger charge is 2.32. The summed E-state index contributed by atoms with van der Waals surface area (Å²) >= 11 is 1.52. The summed E-state index contributed by atoms with van der Waals surface area (Å²) in [6.07, 6.45) is 1.51. The summed E-state index contributed by atoms with van der Waals surface area (Å²) in [4.78, 5) is 47.4. The van der Waals surface area contributed by atoms with E-state index in [9.17, 15) is 14.4 Å². The van der Waals surface area contributed by atoms with Gasteiger partial charge in [0.1, 0.15) is 0 Å². The zero-order valence-corrected chi connectivity index (χ0v) is 18.0. The van der Waals surface area contributed by atoms with E-state index in [2.05, 4.69) is 22.2 Å². The number of carbonyl (C=O) groups excluding carboxylic acids is 3. The quantitative estimate of drug-likeness (QED) is 0.623. The van der Waals surface area contributed by atoms with Crippen molar-refractivity contribution in [3.8, 4) is 0 Å². The van der Waals surface area contributed by atoms with Gasteiger partial charge in [0.15, 0.2) is 5.13 Å². The lowest BCUT2D eigenvalue weighted by atomic mass is 9.94. The average molecular weight is 435 g/mol. The molecule has 0 aliphatic carbocycles. The molecule has 1 N–H and O–H groups in total. The summed E-state index contributed by atoms with van der Waals surface area (Å²) in [5, 5.41) is 5.09. The first-order valence-corrected chi connectivity index (χ1v) is 11.2. The Kier molecular flexibility index (Phi) is 5.03. The van der Waals surface area contributed by atoms with Gasteiger partial charge in [-0.15, -0.1) is 11.3 Å². The van der Waals surface area contributed by atoms with Crippen LogP contribution in [0.4, 0.5) is 5.13 Å². The lowest BCUT2D eigenvalue weighted by Gasteiger charge is -2.27. The number of aromatic nitrogens is 1. The fourth-order valence-corrected chi connectivity index (χ4v) is 5.34. The van der Waals surface area contributed by atoms with Crippen LogP contribution in [0, 0.1) is 0 Å². The maximum absolute atomic E-state index is 12.9. The van der Waals surface area contributed by atoms with E-state index in [0.29, 0.717) is 28.1 Å². The number of thiazole rings is 1. The van der Waals surface area contributed by atoms with Gasteiger partial charge in [-0.25, -0.2) is 4.98 Å². The molecular formula is C23H22N4O3S. The summed E-state index contributed by atoms with van der Waals surface area (Å²) < 4.78 is 0. The van der Waals surface area contributed by atoms with E-state index in [1.54, 1.807) is 12.1 Å². The van der Waals surface area contributed by atoms with Gasteiger partial charge in [0.2, 0.25) is 5.91 Å². The van der Waals surface area contributed by atoms with Crippen LogP contribution in [0.15, 0.2) is 36.4 Å². The molecule has 8 heteroatoms. The molecule has 0 radical (unpaired) electrons. The Morgan fingerprint density at radius 3 is 2.55 bits per heavy atom. The van der Waals surface area contributed by atoms with Crippen molar-refractivity contribution in [2.24, 2.45) is 0 Å². The zero-order chi connectivity index (χ0) is 21.5. The number of anilines is 1. The monoisotopic (exact) mass is 434 g/mol. The number of imide groups is 1. The molecule has 7 nitrogen and oxygen atoms in total. The van der Waals surface area contributed by atoms with Crippen molar-refractivity contribution in [1.82, 2.24) is 14.8 Å². The van der Waals surface area contributed by atoms with Crippen LogP contribution < -0.4 is 5.32 Å². The van der Waals surface area contributed by atoms with Gasteiger partial charge in [0, 0.05) is 53.9 Å². The molecule has 2 aromatic carbocycles. The van der Waals surface area contributed by atoms with Crippen molar-refractivity contribution in [3.63, 3.8) is 0 Å². The summed E-state index contributed by atoms with van der Waals surface area (Å²) in [5.74, 6) is -0.753. The number of nitrogens with one attached hydrogen (secondary N) is 1. The smallest absolute Gasteiger partial charge is 0.261 e. The first-order chi connectivity index (χ1) is 15.0. The van der Waals surface area contributed by atoms with Crippen LogP contribution in [-0.2, 0) is 17.8 Å². The molecule has 0 saturated heterocycles. The fraction of sp³-hybridized carbons (Fsp3) is 0.304. The number of hydrogen-bond donors (Lipinski definition) is 1. The number of fused-ring (bicyclic) bond motifs is 1. The largest absolute Gasteiger partial charge is 0.302 e. The number of amides is 3. The highest BCUT2D eigenvalue weighted by atomic mass is 32.1. The van der Waals surface area contributed by atoms with Gasteiger partial charge in [-0.3, -0.25) is 19.3 Å². The minimum absolute atomic E-state index is 0.154. The second-order valence-electron chi connectivity index (χ2n) is 8.00. The number of rotatable bonds is 5. The van der Waals surface area contributed by atoms with Gasteiger partial charge in [-0.1, -0.05) is 24.3 Å². The van der Waals surface area contributed by atoms with E-state index in [1.165, 1.54) is 21.1 Å². The zero-order valence-electron chi connectivity index (χ0n) is 17.2. The Bertz CT molecular complexity index is 1170. The van der Waals surface area contributed by atoms with Crippen molar-refractivity contribution < 1.29 is 14.4 Å². The van der Waals surface area contributed by atoms with Crippen LogP contribution in [0.3, 0.4) is 0 Å². The Balaban J connectivity index is 1.22. The summed E-state index contributed by atoms with van der Waals surface area (Å²) in [7, 11) is 2.07. The van der Waals surface area contributed by atoms with Crippen LogP contribution in [0.5, 0.6) is 0 Å². The van der Waals surface area contributed by atoms with Gasteiger partial charge in [-0.05, 0) is 31.0 Å². The molecule has 0 spiro atoms. The second kappa shape index (κ2) is 7.86. The fourth-order valence-electron chi connectivity index (χ4n) is 4.24. The van der Waals surface area contributed by atoms with Crippen molar-refractivity contribution in [2.75, 3.05) is 25.5 Å². The maximum Gasteiger partial charge on any atom is 0.261 e. The molecule has 0 atom stereocenters. The van der Waals surface area contributed by atoms with Crippen molar-refractivity contribution >= 4 is 45.0 Å². The lowest BCUT2D eigenvalue weighted by Crippen LogP contribution is -2.41. The first kappa shape index (κ1) is 19.8. The van der Waals surface area contributed by atoms with Crippen LogP contribution in [0.1, 0.15) is 44.1 Å². The molecule has 3 aromatic rings. The molecule has 3 heterocycles. The molecule has 5 rings (SSSR count). The van der Waals surface area contributed by atoms with Crippen LogP contribution in [0.2, 0.25) is 0 Å². The Labute approximate surface area is 183 Å². The Hall–Kier alpha value is -3.10. The topological polar surface area (TPSA) is 82.6 Å². The average Bonchev–Trinajstić information content (AvgIpc) is 3.15. The molecule has 0 bridgehead atoms. The van der Waals surface area contributed by atoms with Crippen molar-refractivity contribution in [3.05, 3.63) is 58.1 Å². The third-order valence-corrected chi connectivity index (χ3v) is 6.81. The predicted octanol–water partition coefficient (Wildman–Crippen LogP) is 3.30. The van der Waals surface area contributed by atoms with Gasteiger partial charge in [0.05, 0.1) is 5.69 Å². The third kappa shape index (κ3) is 3.62. The molecule has 2 aliphatic heterocycles. The first-order valence-electron chi connectivity index (χ1n) is 10.4. The number of nitrogens with zero attached hydrogens (tertiary/aromatic N) is 3. The van der Waals surface area contributed by atoms with E-state index >= 15 is 0 Å². The SMILES string of the molecule is CN1CCc2nc(NC(=O)CCCN3C(=O)c4cccc5cccc(c45)C3=O)sc2C1. The van der Waals surface area contributed by atoms with E-state index in [-0.39, 0.29) is 30.7 Å². The lowest BCUT2D eigenvalue weighted by molar-refractivity contribution is -0.116. The molecule has 158 valence electrons. The van der Waals surface area contributed by atoms with E-state index in [1.807, 2.05) is 24.3 Å². The normalized spacial score (nSPS) is 16.0. The van der Waals surface area contributed by atoms with Crippen LogP contribution in [0.25, 0.3) is 10.8 Å². The molecule has 0 saturated carbocycles. The highest BCUT2D eigenvalue weighted by Crippen LogP contribution is 2.30. The molecule has 31 heavy (non-hydrogen) atoms. The van der Waals surface area contributed by atoms with Crippen molar-refractivity contribution in [1.29, 1.82) is 0 Å². The van der Waals surface area contributed by atoms with E-state index in [4.69, 9.17) is 0 Å². The number of carbonyl (C=O) groups is 3. The molecule has 3 amide bonds. The maximum atomic E-state index is 12.9. The minimum Gasteiger partial charge on any atom is -0.302 e. The second-order valence-corrected chi connectivity index (χ2v) is 9.08. The van der Waals surface area contributed by atoms with Crippen LogP contribution >= 0.6 is 11.3 Å². The Morgan fingerprint density at radius 1 is 1.13 bits per heavy atom. The number of likely N-dealkylation sites (N-methyl/N-ethyl adjacent to an activating group) is 1. The number of hydrogen-bond acceptors (Lipinski definition) is 6. The molecule has 2 aliphatic rings. The summed E-state index contributed by atoms with van der Waals surface area (Å²) in [6.45, 7) is 2.03. The highest BCUT2D eigenvalue weighted by molar-refractivity contribution is 7.15. The third-order valence-electron chi connectivity index (χ3n) is 5.81. The van der Waals surface area contributed by atoms with Gasteiger partial charge in [-0.2, -0.15) is 0 Å². The Morgan fingerprint density at radius 2 is 1.84 bits per heavy atom. The van der Waals surface area contributed by atoms with Gasteiger partial charge in [0.25, 0.3) is 11.8 Å². The molecule has 0 unspecified atom stereocenters. The minimum atomic E-state index is -0.300. The summed E-state index contributed by atoms with van der Waals surface area (Å²) in [6, 6.07) is 11.0. The van der Waals surface area contributed by atoms with E-state index in [0.717, 1.165) is 30.6 Å². The molecule has 0 fully saturated rings. The van der Waals surface area contributed by atoms with Gasteiger partial charge >= 0.3 is 0 Å². The molecule has 1 aromatic heterocycles. The van der Waals surface area contributed by atoms with Crippen molar-refractivity contribution in [2.45, 2.75) is 25.8 Å².